The molecule has 24 heavy (non-hydrogen) atoms. The molecule has 0 fully saturated rings. The van der Waals surface area contributed by atoms with E-state index >= 15 is 0 Å². The number of halogens is 2. The number of hydrogen-bond donors (Lipinski definition) is 0. The second-order valence-corrected chi connectivity index (χ2v) is 6.63. The van der Waals surface area contributed by atoms with E-state index in [1.165, 1.54) is 6.07 Å². The Bertz CT molecular complexity index is 995. The van der Waals surface area contributed by atoms with Crippen molar-refractivity contribution in [3.8, 4) is 11.1 Å². The van der Waals surface area contributed by atoms with Gasteiger partial charge in [-0.3, -0.25) is 9.78 Å². The molecule has 2 aromatic heterocycles. The van der Waals surface area contributed by atoms with Crippen molar-refractivity contribution in [2.75, 3.05) is 0 Å². The van der Waals surface area contributed by atoms with Crippen molar-refractivity contribution in [1.82, 2.24) is 9.55 Å². The van der Waals surface area contributed by atoms with E-state index in [2.05, 4.69) is 20.9 Å². The molecule has 2 heterocycles. The predicted octanol–water partition coefficient (Wildman–Crippen LogP) is 4.86. The maximum Gasteiger partial charge on any atom is 0.258 e. The Hall–Kier alpha value is -2.01. The lowest BCUT2D eigenvalue weighted by molar-refractivity contribution is 0.618. The average molecular weight is 389 g/mol. The molecular formula is C19H18BrFN2O. The normalized spacial score (nSPS) is 11.2. The second-order valence-electron chi connectivity index (χ2n) is 5.78. The molecule has 5 heteroatoms. The summed E-state index contributed by atoms with van der Waals surface area (Å²) >= 11 is 3.38. The molecule has 0 amide bonds. The van der Waals surface area contributed by atoms with Crippen LogP contribution in [-0.2, 0) is 13.0 Å². The van der Waals surface area contributed by atoms with E-state index < -0.39 is 0 Å². The van der Waals surface area contributed by atoms with E-state index in [-0.39, 0.29) is 11.4 Å². The van der Waals surface area contributed by atoms with Gasteiger partial charge in [0.05, 0.1) is 5.52 Å². The van der Waals surface area contributed by atoms with Gasteiger partial charge in [0.1, 0.15) is 5.82 Å². The summed E-state index contributed by atoms with van der Waals surface area (Å²) in [5, 5.41) is 0.900. The van der Waals surface area contributed by atoms with Gasteiger partial charge >= 0.3 is 0 Å². The van der Waals surface area contributed by atoms with Crippen LogP contribution in [0.2, 0.25) is 0 Å². The smallest absolute Gasteiger partial charge is 0.258 e. The second kappa shape index (κ2) is 6.48. The van der Waals surface area contributed by atoms with Crippen LogP contribution in [0.1, 0.15) is 25.1 Å². The van der Waals surface area contributed by atoms with E-state index in [0.717, 1.165) is 23.0 Å². The van der Waals surface area contributed by atoms with Crippen LogP contribution in [0, 0.1) is 12.7 Å². The first-order valence-electron chi connectivity index (χ1n) is 7.94. The zero-order valence-corrected chi connectivity index (χ0v) is 15.4. The number of aryl methyl sites for hydroxylation is 3. The molecule has 0 saturated carbocycles. The summed E-state index contributed by atoms with van der Waals surface area (Å²) in [6.45, 7) is 6.24. The molecule has 0 radical (unpaired) electrons. The van der Waals surface area contributed by atoms with E-state index in [1.54, 1.807) is 23.8 Å². The predicted molar refractivity (Wildman–Crippen MR) is 98.9 cm³/mol. The maximum absolute atomic E-state index is 13.7. The first-order valence-corrected chi connectivity index (χ1v) is 8.74. The molecule has 0 N–H and O–H groups in total. The fourth-order valence-corrected chi connectivity index (χ4v) is 3.41. The van der Waals surface area contributed by atoms with Gasteiger partial charge in [0.25, 0.3) is 5.56 Å². The SMILES string of the molecule is CCc1cc2c(cn1)cc(-c1cc(C)c(F)cc1Br)c(=O)n2CC. The van der Waals surface area contributed by atoms with Crippen molar-refractivity contribution < 1.29 is 4.39 Å². The topological polar surface area (TPSA) is 34.9 Å². The fourth-order valence-electron chi connectivity index (χ4n) is 2.88. The number of rotatable bonds is 3. The molecular weight excluding hydrogens is 371 g/mol. The molecule has 124 valence electrons. The number of fused-ring (bicyclic) bond motifs is 1. The largest absolute Gasteiger partial charge is 0.308 e. The molecule has 3 rings (SSSR count). The molecule has 0 spiro atoms. The summed E-state index contributed by atoms with van der Waals surface area (Å²) in [6.07, 6.45) is 2.62. The third-order valence-electron chi connectivity index (χ3n) is 4.25. The summed E-state index contributed by atoms with van der Waals surface area (Å²) in [5.41, 5.74) is 3.51. The summed E-state index contributed by atoms with van der Waals surface area (Å²) in [4.78, 5) is 17.4. The maximum atomic E-state index is 13.7. The highest BCUT2D eigenvalue weighted by Gasteiger charge is 2.15. The van der Waals surface area contributed by atoms with Crippen molar-refractivity contribution in [1.29, 1.82) is 0 Å². The number of benzene rings is 1. The Balaban J connectivity index is 2.36. The monoisotopic (exact) mass is 388 g/mol. The van der Waals surface area contributed by atoms with Crippen LogP contribution in [0.4, 0.5) is 4.39 Å². The highest BCUT2D eigenvalue weighted by molar-refractivity contribution is 9.10. The van der Waals surface area contributed by atoms with Crippen LogP contribution in [-0.4, -0.2) is 9.55 Å². The van der Waals surface area contributed by atoms with Crippen LogP contribution in [0.15, 0.2) is 39.7 Å². The molecule has 3 nitrogen and oxygen atoms in total. The third kappa shape index (κ3) is 2.77. The first-order chi connectivity index (χ1) is 11.5. The minimum atomic E-state index is -0.295. The lowest BCUT2D eigenvalue weighted by atomic mass is 10.0. The van der Waals surface area contributed by atoms with E-state index in [9.17, 15) is 9.18 Å². The van der Waals surface area contributed by atoms with Gasteiger partial charge in [-0.1, -0.05) is 22.9 Å². The summed E-state index contributed by atoms with van der Waals surface area (Å²) in [7, 11) is 0. The zero-order valence-electron chi connectivity index (χ0n) is 13.9. The van der Waals surface area contributed by atoms with Gasteiger partial charge in [-0.2, -0.15) is 0 Å². The van der Waals surface area contributed by atoms with Crippen LogP contribution in [0.3, 0.4) is 0 Å². The molecule has 3 aromatic rings. The van der Waals surface area contributed by atoms with Gasteiger partial charge < -0.3 is 4.57 Å². The van der Waals surface area contributed by atoms with Gasteiger partial charge in [-0.05, 0) is 50.1 Å². The Morgan fingerprint density at radius 1 is 1.17 bits per heavy atom. The molecule has 0 bridgehead atoms. The molecule has 0 aliphatic carbocycles. The van der Waals surface area contributed by atoms with E-state index in [4.69, 9.17) is 0 Å². The van der Waals surface area contributed by atoms with Crippen molar-refractivity contribution in [2.24, 2.45) is 0 Å². The fraction of sp³-hybridized carbons (Fsp3) is 0.263. The van der Waals surface area contributed by atoms with Gasteiger partial charge in [0.2, 0.25) is 0 Å². The van der Waals surface area contributed by atoms with Crippen molar-refractivity contribution in [3.05, 3.63) is 62.4 Å². The molecule has 0 atom stereocenters. The third-order valence-corrected chi connectivity index (χ3v) is 4.91. The Labute approximate surface area is 148 Å². The Morgan fingerprint density at radius 2 is 1.92 bits per heavy atom. The molecule has 0 unspecified atom stereocenters. The molecule has 0 saturated heterocycles. The minimum absolute atomic E-state index is 0.0787. The Morgan fingerprint density at radius 3 is 2.58 bits per heavy atom. The summed E-state index contributed by atoms with van der Waals surface area (Å²) in [6, 6.07) is 6.92. The Kier molecular flexibility index (Phi) is 4.54. The highest BCUT2D eigenvalue weighted by atomic mass is 79.9. The van der Waals surface area contributed by atoms with E-state index in [1.807, 2.05) is 26.0 Å². The highest BCUT2D eigenvalue weighted by Crippen LogP contribution is 2.30. The standard InChI is InChI=1S/C19H18BrFN2O/c1-4-13-8-18-12(10-22-13)7-15(19(24)23(18)5-2)14-6-11(3)17(21)9-16(14)20/h6-10H,4-5H2,1-3H3. The zero-order chi connectivity index (χ0) is 17.4. The van der Waals surface area contributed by atoms with Gasteiger partial charge in [0, 0.05) is 39.4 Å². The number of nitrogens with zero attached hydrogens (tertiary/aromatic N) is 2. The van der Waals surface area contributed by atoms with Crippen molar-refractivity contribution >= 4 is 26.8 Å². The molecule has 0 aliphatic rings. The van der Waals surface area contributed by atoms with E-state index in [0.29, 0.717) is 27.7 Å². The number of aromatic nitrogens is 2. The van der Waals surface area contributed by atoms with Crippen LogP contribution >= 0.6 is 15.9 Å². The van der Waals surface area contributed by atoms with Gasteiger partial charge in [-0.15, -0.1) is 0 Å². The van der Waals surface area contributed by atoms with Crippen LogP contribution < -0.4 is 5.56 Å². The minimum Gasteiger partial charge on any atom is -0.308 e. The van der Waals surface area contributed by atoms with Crippen LogP contribution in [0.5, 0.6) is 0 Å². The quantitative estimate of drug-likeness (QED) is 0.642. The summed E-state index contributed by atoms with van der Waals surface area (Å²) in [5.74, 6) is -0.295. The molecule has 1 aromatic carbocycles. The number of pyridine rings is 2. The van der Waals surface area contributed by atoms with Gasteiger partial charge in [0.15, 0.2) is 0 Å². The average Bonchev–Trinajstić information content (AvgIpc) is 2.57. The number of hydrogen-bond acceptors (Lipinski definition) is 2. The lowest BCUT2D eigenvalue weighted by Crippen LogP contribution is -2.21. The van der Waals surface area contributed by atoms with Crippen molar-refractivity contribution in [2.45, 2.75) is 33.7 Å². The van der Waals surface area contributed by atoms with Crippen LogP contribution in [0.25, 0.3) is 22.0 Å². The van der Waals surface area contributed by atoms with Gasteiger partial charge in [-0.25, -0.2) is 4.39 Å². The first kappa shape index (κ1) is 16.8. The molecule has 0 aliphatic heterocycles. The summed E-state index contributed by atoms with van der Waals surface area (Å²) < 4.78 is 16.1. The lowest BCUT2D eigenvalue weighted by Gasteiger charge is -2.13. The van der Waals surface area contributed by atoms with Crippen molar-refractivity contribution in [3.63, 3.8) is 0 Å².